The lowest BCUT2D eigenvalue weighted by Crippen LogP contribution is -3.28. The Kier molecular flexibility index (Phi) is 9.39. The zero-order valence-electron chi connectivity index (χ0n) is 19.0. The highest BCUT2D eigenvalue weighted by Gasteiger charge is 2.26. The number of methoxy groups -OCH3 is 2. The smallest absolute Gasteiger partial charge is 0.275 e. The van der Waals surface area contributed by atoms with Gasteiger partial charge in [0.1, 0.15) is 38.8 Å². The molecule has 0 unspecified atom stereocenters. The van der Waals surface area contributed by atoms with Crippen LogP contribution in [0.1, 0.15) is 31.4 Å². The summed E-state index contributed by atoms with van der Waals surface area (Å²) in [6.45, 7) is 11.7. The number of benzene rings is 1. The molecule has 1 saturated heterocycles. The van der Waals surface area contributed by atoms with E-state index in [-0.39, 0.29) is 11.8 Å². The van der Waals surface area contributed by atoms with Crippen molar-refractivity contribution in [3.63, 3.8) is 0 Å². The number of hydrogen-bond donors (Lipinski definition) is 4. The first-order valence-electron chi connectivity index (χ1n) is 10.8. The number of carbonyl (C=O) groups is 2. The molecule has 168 valence electrons. The molecule has 8 nitrogen and oxygen atoms in total. The molecule has 1 aliphatic rings. The van der Waals surface area contributed by atoms with E-state index in [0.717, 1.165) is 50.6 Å². The summed E-state index contributed by atoms with van der Waals surface area (Å²) in [4.78, 5) is 27.0. The summed E-state index contributed by atoms with van der Waals surface area (Å²) in [6.07, 6.45) is 0.881. The maximum atomic E-state index is 12.3. The third-order valence-corrected chi connectivity index (χ3v) is 5.68. The highest BCUT2D eigenvalue weighted by molar-refractivity contribution is 5.87. The maximum Gasteiger partial charge on any atom is 0.275 e. The van der Waals surface area contributed by atoms with Crippen LogP contribution in [-0.4, -0.2) is 71.3 Å². The van der Waals surface area contributed by atoms with Crippen LogP contribution in [0.15, 0.2) is 12.1 Å². The second kappa shape index (κ2) is 11.8. The Labute approximate surface area is 179 Å². The SMILES string of the molecule is CCCNC(=O)[C@H](C)NC(=O)C[NH+]1CC[NH+](Cc2cc(OC)c(OC)cc2C)CC1. The van der Waals surface area contributed by atoms with Crippen LogP contribution in [-0.2, 0) is 16.1 Å². The Morgan fingerprint density at radius 1 is 1.07 bits per heavy atom. The number of piperazine rings is 1. The van der Waals surface area contributed by atoms with E-state index in [1.54, 1.807) is 21.1 Å². The molecule has 0 aromatic heterocycles. The van der Waals surface area contributed by atoms with Gasteiger partial charge in [-0.3, -0.25) is 9.59 Å². The fraction of sp³-hybridized carbons (Fsp3) is 0.636. The first-order valence-corrected chi connectivity index (χ1v) is 10.8. The van der Waals surface area contributed by atoms with E-state index in [4.69, 9.17) is 9.47 Å². The molecule has 2 rings (SSSR count). The molecule has 1 aromatic carbocycles. The minimum absolute atomic E-state index is 0.0664. The number of ether oxygens (including phenoxy) is 2. The molecule has 1 heterocycles. The zero-order chi connectivity index (χ0) is 22.1. The van der Waals surface area contributed by atoms with Gasteiger partial charge in [0.05, 0.1) is 14.2 Å². The average Bonchev–Trinajstić information content (AvgIpc) is 2.74. The second-order valence-electron chi connectivity index (χ2n) is 8.07. The van der Waals surface area contributed by atoms with Gasteiger partial charge >= 0.3 is 0 Å². The molecule has 1 atom stereocenters. The molecule has 1 fully saturated rings. The Hall–Kier alpha value is -2.32. The van der Waals surface area contributed by atoms with Gasteiger partial charge < -0.3 is 29.9 Å². The highest BCUT2D eigenvalue weighted by Crippen LogP contribution is 2.29. The largest absolute Gasteiger partial charge is 0.493 e. The second-order valence-corrected chi connectivity index (χ2v) is 8.07. The summed E-state index contributed by atoms with van der Waals surface area (Å²) >= 11 is 0. The Morgan fingerprint density at radius 2 is 1.67 bits per heavy atom. The van der Waals surface area contributed by atoms with Gasteiger partial charge in [-0.15, -0.1) is 0 Å². The number of aryl methyl sites for hydroxylation is 1. The van der Waals surface area contributed by atoms with Crippen molar-refractivity contribution in [1.82, 2.24) is 10.6 Å². The normalized spacial score (nSPS) is 19.6. The molecule has 8 heteroatoms. The molecular weight excluding hydrogens is 384 g/mol. The summed E-state index contributed by atoms with van der Waals surface area (Å²) in [5, 5.41) is 5.62. The topological polar surface area (TPSA) is 85.5 Å². The molecule has 2 amide bonds. The standard InChI is InChI=1S/C22H36N4O4/c1-6-7-23-22(28)17(3)24-21(27)15-26-10-8-25(9-11-26)14-18-13-20(30-5)19(29-4)12-16(18)2/h12-13,17H,6-11,14-15H2,1-5H3,(H,23,28)(H,24,27)/p+2/t17-/m0/s1. The van der Waals surface area contributed by atoms with Crippen molar-refractivity contribution in [2.45, 2.75) is 39.8 Å². The van der Waals surface area contributed by atoms with Crippen molar-refractivity contribution in [2.24, 2.45) is 0 Å². The number of nitrogens with one attached hydrogen (secondary N) is 4. The van der Waals surface area contributed by atoms with Crippen LogP contribution in [0.5, 0.6) is 11.5 Å². The van der Waals surface area contributed by atoms with Gasteiger partial charge in [-0.1, -0.05) is 6.92 Å². The molecule has 1 aliphatic heterocycles. The fourth-order valence-electron chi connectivity index (χ4n) is 3.78. The van der Waals surface area contributed by atoms with Crippen molar-refractivity contribution in [1.29, 1.82) is 0 Å². The summed E-state index contributed by atoms with van der Waals surface area (Å²) in [5.74, 6) is 1.32. The van der Waals surface area contributed by atoms with Crippen LogP contribution >= 0.6 is 0 Å². The number of amides is 2. The van der Waals surface area contributed by atoms with Gasteiger partial charge in [0.25, 0.3) is 5.91 Å². The molecule has 0 spiro atoms. The Bertz CT molecular complexity index is 717. The lowest BCUT2D eigenvalue weighted by atomic mass is 10.1. The van der Waals surface area contributed by atoms with Crippen LogP contribution in [0, 0.1) is 6.92 Å². The first kappa shape index (κ1) is 24.0. The van der Waals surface area contributed by atoms with Crippen LogP contribution in [0.3, 0.4) is 0 Å². The summed E-state index contributed by atoms with van der Waals surface area (Å²) in [5.41, 5.74) is 2.46. The highest BCUT2D eigenvalue weighted by atomic mass is 16.5. The summed E-state index contributed by atoms with van der Waals surface area (Å²) in [6, 6.07) is 3.60. The fourth-order valence-corrected chi connectivity index (χ4v) is 3.78. The quantitative estimate of drug-likeness (QED) is 0.363. The van der Waals surface area contributed by atoms with Gasteiger partial charge in [-0.25, -0.2) is 0 Å². The van der Waals surface area contributed by atoms with Gasteiger partial charge in [-0.05, 0) is 38.0 Å². The van der Waals surface area contributed by atoms with Crippen molar-refractivity contribution < 1.29 is 28.9 Å². The zero-order valence-corrected chi connectivity index (χ0v) is 19.0. The minimum Gasteiger partial charge on any atom is -0.493 e. The van der Waals surface area contributed by atoms with Crippen LogP contribution < -0.4 is 29.9 Å². The molecule has 0 bridgehead atoms. The maximum absolute atomic E-state index is 12.3. The monoisotopic (exact) mass is 422 g/mol. The molecular formula is C22H38N4O4+2. The Morgan fingerprint density at radius 3 is 2.27 bits per heavy atom. The minimum atomic E-state index is -0.497. The molecule has 0 radical (unpaired) electrons. The number of carbonyl (C=O) groups excluding carboxylic acids is 2. The van der Waals surface area contributed by atoms with Crippen LogP contribution in [0.2, 0.25) is 0 Å². The third kappa shape index (κ3) is 6.88. The van der Waals surface area contributed by atoms with E-state index in [0.29, 0.717) is 13.1 Å². The predicted octanol–water partition coefficient (Wildman–Crippen LogP) is -1.67. The number of quaternary nitrogens is 2. The van der Waals surface area contributed by atoms with E-state index in [1.165, 1.54) is 20.9 Å². The van der Waals surface area contributed by atoms with Gasteiger partial charge in [-0.2, -0.15) is 0 Å². The van der Waals surface area contributed by atoms with E-state index in [2.05, 4.69) is 23.6 Å². The third-order valence-electron chi connectivity index (χ3n) is 5.68. The summed E-state index contributed by atoms with van der Waals surface area (Å²) in [7, 11) is 3.31. The van der Waals surface area contributed by atoms with Gasteiger partial charge in [0.15, 0.2) is 18.0 Å². The number of rotatable bonds is 10. The van der Waals surface area contributed by atoms with Gasteiger partial charge in [0, 0.05) is 12.1 Å². The number of hydrogen-bond acceptors (Lipinski definition) is 4. The average molecular weight is 423 g/mol. The van der Waals surface area contributed by atoms with Gasteiger partial charge in [0.2, 0.25) is 5.91 Å². The molecule has 4 N–H and O–H groups in total. The van der Waals surface area contributed by atoms with Crippen molar-refractivity contribution in [3.8, 4) is 11.5 Å². The first-order chi connectivity index (χ1) is 14.4. The van der Waals surface area contributed by atoms with E-state index >= 15 is 0 Å². The Balaban J connectivity index is 1.80. The van der Waals surface area contributed by atoms with E-state index < -0.39 is 6.04 Å². The van der Waals surface area contributed by atoms with Crippen molar-refractivity contribution in [2.75, 3.05) is 53.5 Å². The molecule has 0 saturated carbocycles. The van der Waals surface area contributed by atoms with Crippen LogP contribution in [0.25, 0.3) is 0 Å². The molecule has 1 aromatic rings. The molecule has 0 aliphatic carbocycles. The van der Waals surface area contributed by atoms with Crippen molar-refractivity contribution >= 4 is 11.8 Å². The van der Waals surface area contributed by atoms with Crippen molar-refractivity contribution in [3.05, 3.63) is 23.3 Å². The van der Waals surface area contributed by atoms with E-state index in [9.17, 15) is 9.59 Å². The lowest BCUT2D eigenvalue weighted by molar-refractivity contribution is -1.02. The van der Waals surface area contributed by atoms with Crippen LogP contribution in [0.4, 0.5) is 0 Å². The predicted molar refractivity (Wildman–Crippen MR) is 115 cm³/mol. The summed E-state index contributed by atoms with van der Waals surface area (Å²) < 4.78 is 10.8. The molecule has 30 heavy (non-hydrogen) atoms. The lowest BCUT2D eigenvalue weighted by Gasteiger charge is -2.30. The van der Waals surface area contributed by atoms with E-state index in [1.807, 2.05) is 13.0 Å².